The van der Waals surface area contributed by atoms with E-state index in [1.807, 2.05) is 0 Å². The van der Waals surface area contributed by atoms with Crippen molar-refractivity contribution in [2.75, 3.05) is 5.32 Å². The first-order chi connectivity index (χ1) is 15.9. The Labute approximate surface area is 202 Å². The monoisotopic (exact) mass is 534 g/mol. The first kappa shape index (κ1) is 26.0. The molecular formula is C22H16Cl2F4N2O3S. The van der Waals surface area contributed by atoms with Gasteiger partial charge in [-0.25, -0.2) is 12.8 Å². The van der Waals surface area contributed by atoms with Gasteiger partial charge in [0.2, 0.25) is 15.9 Å². The van der Waals surface area contributed by atoms with Gasteiger partial charge in [-0.2, -0.15) is 17.9 Å². The standard InChI is InChI=1S/C22H16Cl2F4N2O3S/c23-14-6-8-17(24)20(11-14)34(32,33)30-19(10-13-4-2-1-3-5-13)21(31)29-15-7-9-18(25)16(12-15)22(26,27)28/h1-9,11-12,19,30H,10H2,(H,29,31)/t19-/m0/s1. The minimum Gasteiger partial charge on any atom is -0.325 e. The Bertz CT molecular complexity index is 1300. The van der Waals surface area contributed by atoms with Gasteiger partial charge in [0.1, 0.15) is 16.8 Å². The molecule has 0 bridgehead atoms. The van der Waals surface area contributed by atoms with Crippen molar-refractivity contribution in [2.24, 2.45) is 0 Å². The molecule has 0 heterocycles. The van der Waals surface area contributed by atoms with Gasteiger partial charge in [-0.05, 0) is 48.4 Å². The summed E-state index contributed by atoms with van der Waals surface area (Å²) < 4.78 is 80.8. The molecular weight excluding hydrogens is 519 g/mol. The number of rotatable bonds is 7. The predicted molar refractivity (Wildman–Crippen MR) is 121 cm³/mol. The molecule has 0 saturated carbocycles. The van der Waals surface area contributed by atoms with E-state index in [0.29, 0.717) is 17.7 Å². The smallest absolute Gasteiger partial charge is 0.325 e. The summed E-state index contributed by atoms with van der Waals surface area (Å²) in [6, 6.07) is 12.5. The van der Waals surface area contributed by atoms with E-state index in [9.17, 15) is 30.8 Å². The van der Waals surface area contributed by atoms with Gasteiger partial charge in [0.25, 0.3) is 0 Å². The number of amides is 1. The third kappa shape index (κ3) is 6.47. The molecule has 0 unspecified atom stereocenters. The Morgan fingerprint density at radius 1 is 0.971 bits per heavy atom. The zero-order valence-electron chi connectivity index (χ0n) is 17.0. The molecule has 3 aromatic rings. The van der Waals surface area contributed by atoms with E-state index in [2.05, 4.69) is 10.0 Å². The molecule has 0 fully saturated rings. The third-order valence-corrected chi connectivity index (χ3v) is 6.81. The number of hydrogen-bond acceptors (Lipinski definition) is 3. The van der Waals surface area contributed by atoms with Crippen molar-refractivity contribution < 1.29 is 30.8 Å². The van der Waals surface area contributed by atoms with Gasteiger partial charge in [0.15, 0.2) is 0 Å². The quantitative estimate of drug-likeness (QED) is 0.383. The van der Waals surface area contributed by atoms with Crippen LogP contribution in [0.4, 0.5) is 23.2 Å². The van der Waals surface area contributed by atoms with E-state index in [4.69, 9.17) is 23.2 Å². The van der Waals surface area contributed by atoms with Gasteiger partial charge in [-0.3, -0.25) is 4.79 Å². The second-order valence-corrected chi connectivity index (χ2v) is 9.65. The molecule has 0 aliphatic heterocycles. The van der Waals surface area contributed by atoms with Crippen LogP contribution in [0.3, 0.4) is 0 Å². The number of carbonyl (C=O) groups is 1. The zero-order valence-corrected chi connectivity index (χ0v) is 19.4. The molecule has 180 valence electrons. The van der Waals surface area contributed by atoms with Crippen LogP contribution >= 0.6 is 23.2 Å². The Hall–Kier alpha value is -2.66. The van der Waals surface area contributed by atoms with E-state index in [-0.39, 0.29) is 27.0 Å². The van der Waals surface area contributed by atoms with Crippen molar-refractivity contribution in [1.29, 1.82) is 0 Å². The first-order valence-corrected chi connectivity index (χ1v) is 11.8. The number of halogens is 6. The Kier molecular flexibility index (Phi) is 7.87. The summed E-state index contributed by atoms with van der Waals surface area (Å²) in [4.78, 5) is 12.6. The third-order valence-electron chi connectivity index (χ3n) is 4.62. The second kappa shape index (κ2) is 10.3. The number of sulfonamides is 1. The number of anilines is 1. The van der Waals surface area contributed by atoms with Crippen LogP contribution in [0.25, 0.3) is 0 Å². The molecule has 0 aliphatic carbocycles. The van der Waals surface area contributed by atoms with Gasteiger partial charge in [0.05, 0.1) is 10.6 Å². The van der Waals surface area contributed by atoms with Crippen LogP contribution in [0.2, 0.25) is 10.0 Å². The molecule has 0 saturated heterocycles. The summed E-state index contributed by atoms with van der Waals surface area (Å²) >= 11 is 11.9. The minimum atomic E-state index is -4.99. The molecule has 12 heteroatoms. The summed E-state index contributed by atoms with van der Waals surface area (Å²) in [7, 11) is -4.38. The Balaban J connectivity index is 1.93. The molecule has 5 nitrogen and oxygen atoms in total. The highest BCUT2D eigenvalue weighted by Gasteiger charge is 2.35. The van der Waals surface area contributed by atoms with Crippen LogP contribution in [0.5, 0.6) is 0 Å². The summed E-state index contributed by atoms with van der Waals surface area (Å²) in [5, 5.41) is 2.14. The van der Waals surface area contributed by atoms with Crippen molar-refractivity contribution in [3.63, 3.8) is 0 Å². The fraction of sp³-hybridized carbons (Fsp3) is 0.136. The molecule has 1 atom stereocenters. The van der Waals surface area contributed by atoms with Crippen molar-refractivity contribution in [3.05, 3.63) is 93.7 Å². The van der Waals surface area contributed by atoms with E-state index in [1.54, 1.807) is 30.3 Å². The van der Waals surface area contributed by atoms with E-state index in [1.165, 1.54) is 12.1 Å². The van der Waals surface area contributed by atoms with Gasteiger partial charge in [-0.15, -0.1) is 0 Å². The highest BCUT2D eigenvalue weighted by Crippen LogP contribution is 2.33. The maximum Gasteiger partial charge on any atom is 0.419 e. The van der Waals surface area contributed by atoms with E-state index >= 15 is 0 Å². The van der Waals surface area contributed by atoms with Crippen molar-refractivity contribution in [2.45, 2.75) is 23.5 Å². The maximum absolute atomic E-state index is 13.6. The lowest BCUT2D eigenvalue weighted by molar-refractivity contribution is -0.140. The normalized spacial score (nSPS) is 12.9. The fourth-order valence-electron chi connectivity index (χ4n) is 3.02. The lowest BCUT2D eigenvalue weighted by Crippen LogP contribution is -2.45. The zero-order chi connectivity index (χ0) is 25.1. The molecule has 3 aromatic carbocycles. The van der Waals surface area contributed by atoms with Crippen molar-refractivity contribution >= 4 is 44.8 Å². The molecule has 0 aliphatic rings. The maximum atomic E-state index is 13.6. The lowest BCUT2D eigenvalue weighted by Gasteiger charge is -2.20. The van der Waals surface area contributed by atoms with Crippen LogP contribution in [0, 0.1) is 5.82 Å². The van der Waals surface area contributed by atoms with Crippen LogP contribution in [0.1, 0.15) is 11.1 Å². The second-order valence-electron chi connectivity index (χ2n) is 7.12. The highest BCUT2D eigenvalue weighted by atomic mass is 35.5. The van der Waals surface area contributed by atoms with Crippen LogP contribution in [-0.2, 0) is 27.4 Å². The summed E-state index contributed by atoms with van der Waals surface area (Å²) in [6.45, 7) is 0. The van der Waals surface area contributed by atoms with Crippen LogP contribution in [-0.4, -0.2) is 20.4 Å². The van der Waals surface area contributed by atoms with Crippen molar-refractivity contribution in [1.82, 2.24) is 4.72 Å². The van der Waals surface area contributed by atoms with E-state index < -0.39 is 39.5 Å². The molecule has 0 radical (unpaired) electrons. The Morgan fingerprint density at radius 2 is 1.65 bits per heavy atom. The van der Waals surface area contributed by atoms with Crippen LogP contribution in [0.15, 0.2) is 71.6 Å². The largest absolute Gasteiger partial charge is 0.419 e. The number of benzene rings is 3. The number of nitrogens with one attached hydrogen (secondary N) is 2. The Morgan fingerprint density at radius 3 is 2.29 bits per heavy atom. The van der Waals surface area contributed by atoms with Crippen LogP contribution < -0.4 is 10.0 Å². The average molecular weight is 535 g/mol. The van der Waals surface area contributed by atoms with E-state index in [0.717, 1.165) is 12.1 Å². The first-order valence-electron chi connectivity index (χ1n) is 9.56. The lowest BCUT2D eigenvalue weighted by atomic mass is 10.1. The topological polar surface area (TPSA) is 75.3 Å². The highest BCUT2D eigenvalue weighted by molar-refractivity contribution is 7.89. The molecule has 34 heavy (non-hydrogen) atoms. The minimum absolute atomic E-state index is 0.0832. The molecule has 2 N–H and O–H groups in total. The molecule has 0 spiro atoms. The van der Waals surface area contributed by atoms with Gasteiger partial charge < -0.3 is 5.32 Å². The SMILES string of the molecule is O=C(Nc1ccc(F)c(C(F)(F)F)c1)[C@H](Cc1ccccc1)NS(=O)(=O)c1cc(Cl)ccc1Cl. The average Bonchev–Trinajstić information content (AvgIpc) is 2.76. The molecule has 3 rings (SSSR count). The molecule has 0 aromatic heterocycles. The van der Waals surface area contributed by atoms with Gasteiger partial charge in [-0.1, -0.05) is 53.5 Å². The van der Waals surface area contributed by atoms with Crippen molar-refractivity contribution in [3.8, 4) is 0 Å². The van der Waals surface area contributed by atoms with Gasteiger partial charge in [0, 0.05) is 10.7 Å². The van der Waals surface area contributed by atoms with Gasteiger partial charge >= 0.3 is 6.18 Å². The molecule has 1 amide bonds. The fourth-order valence-corrected chi connectivity index (χ4v) is 4.98. The predicted octanol–water partition coefficient (Wildman–Crippen LogP) is 5.68. The number of carbonyl (C=O) groups excluding carboxylic acids is 1. The number of alkyl halides is 3. The summed E-state index contributed by atoms with van der Waals surface area (Å²) in [5.41, 5.74) is -1.37. The summed E-state index contributed by atoms with van der Waals surface area (Å²) in [5.74, 6) is -2.48. The summed E-state index contributed by atoms with van der Waals surface area (Å²) in [6.07, 6.45) is -5.13. The number of hydrogen-bond donors (Lipinski definition) is 2.